The summed E-state index contributed by atoms with van der Waals surface area (Å²) in [6.45, 7) is 3.46. The fourth-order valence-corrected chi connectivity index (χ4v) is 1.72. The maximum Gasteiger partial charge on any atom is 0.234 e. The fraction of sp³-hybridized carbons (Fsp3) is 0.286. The number of hydrogen-bond donors (Lipinski definition) is 3. The molecular formula is C14H18N4O. The van der Waals surface area contributed by atoms with Gasteiger partial charge in [0.1, 0.15) is 0 Å². The van der Waals surface area contributed by atoms with Crippen LogP contribution in [-0.2, 0) is 17.9 Å². The molecule has 1 amide bonds. The molecule has 0 saturated carbocycles. The number of aryl methyl sites for hydroxylation is 1. The summed E-state index contributed by atoms with van der Waals surface area (Å²) in [6, 6.07) is 9.86. The van der Waals surface area contributed by atoms with Crippen molar-refractivity contribution >= 4 is 5.91 Å². The van der Waals surface area contributed by atoms with E-state index in [-0.39, 0.29) is 5.91 Å². The Morgan fingerprint density at radius 2 is 2.05 bits per heavy atom. The van der Waals surface area contributed by atoms with Crippen LogP contribution in [0.5, 0.6) is 0 Å². The van der Waals surface area contributed by atoms with E-state index >= 15 is 0 Å². The van der Waals surface area contributed by atoms with Crippen molar-refractivity contribution in [1.29, 1.82) is 0 Å². The SMILES string of the molecule is Cc1[nH]ncc1CNCC(=O)NCc1ccccc1. The van der Waals surface area contributed by atoms with Crippen molar-refractivity contribution in [3.8, 4) is 0 Å². The van der Waals surface area contributed by atoms with Crippen molar-refractivity contribution < 1.29 is 4.79 Å². The van der Waals surface area contributed by atoms with Gasteiger partial charge in [-0.3, -0.25) is 9.89 Å². The first-order chi connectivity index (χ1) is 9.25. The summed E-state index contributed by atoms with van der Waals surface area (Å²) in [5.41, 5.74) is 3.20. The Balaban J connectivity index is 1.66. The highest BCUT2D eigenvalue weighted by Gasteiger charge is 2.03. The van der Waals surface area contributed by atoms with E-state index in [1.807, 2.05) is 37.3 Å². The zero-order valence-electron chi connectivity index (χ0n) is 10.9. The van der Waals surface area contributed by atoms with E-state index in [2.05, 4.69) is 20.8 Å². The second-order valence-electron chi connectivity index (χ2n) is 4.39. The predicted octanol–water partition coefficient (Wildman–Crippen LogP) is 1.12. The van der Waals surface area contributed by atoms with Crippen LogP contribution >= 0.6 is 0 Å². The number of benzene rings is 1. The molecule has 1 aromatic heterocycles. The molecule has 0 unspecified atom stereocenters. The summed E-state index contributed by atoms with van der Waals surface area (Å²) in [4.78, 5) is 11.6. The van der Waals surface area contributed by atoms with E-state index in [0.29, 0.717) is 19.6 Å². The summed E-state index contributed by atoms with van der Waals surface area (Å²) in [6.07, 6.45) is 1.77. The summed E-state index contributed by atoms with van der Waals surface area (Å²) < 4.78 is 0. The molecule has 3 N–H and O–H groups in total. The molecule has 0 aliphatic carbocycles. The molecule has 0 saturated heterocycles. The third-order valence-electron chi connectivity index (χ3n) is 2.87. The average molecular weight is 258 g/mol. The zero-order valence-corrected chi connectivity index (χ0v) is 10.9. The van der Waals surface area contributed by atoms with Crippen molar-refractivity contribution in [2.24, 2.45) is 0 Å². The minimum Gasteiger partial charge on any atom is -0.351 e. The maximum atomic E-state index is 11.6. The first-order valence-electron chi connectivity index (χ1n) is 6.26. The van der Waals surface area contributed by atoms with Crippen molar-refractivity contribution in [2.45, 2.75) is 20.0 Å². The van der Waals surface area contributed by atoms with E-state index in [1.165, 1.54) is 0 Å². The van der Waals surface area contributed by atoms with Crippen molar-refractivity contribution in [3.05, 3.63) is 53.3 Å². The summed E-state index contributed by atoms with van der Waals surface area (Å²) in [7, 11) is 0. The highest BCUT2D eigenvalue weighted by atomic mass is 16.1. The lowest BCUT2D eigenvalue weighted by molar-refractivity contribution is -0.120. The first kappa shape index (κ1) is 13.3. The van der Waals surface area contributed by atoms with Gasteiger partial charge in [-0.15, -0.1) is 0 Å². The van der Waals surface area contributed by atoms with Crippen LogP contribution in [0.1, 0.15) is 16.8 Å². The largest absolute Gasteiger partial charge is 0.351 e. The summed E-state index contributed by atoms with van der Waals surface area (Å²) in [5.74, 6) is -0.00926. The monoisotopic (exact) mass is 258 g/mol. The maximum absolute atomic E-state index is 11.6. The highest BCUT2D eigenvalue weighted by Crippen LogP contribution is 2.00. The number of nitrogens with zero attached hydrogens (tertiary/aromatic N) is 1. The van der Waals surface area contributed by atoms with Crippen LogP contribution in [0.4, 0.5) is 0 Å². The molecule has 19 heavy (non-hydrogen) atoms. The van der Waals surface area contributed by atoms with E-state index in [0.717, 1.165) is 16.8 Å². The van der Waals surface area contributed by atoms with E-state index in [1.54, 1.807) is 6.20 Å². The van der Waals surface area contributed by atoms with E-state index in [9.17, 15) is 4.79 Å². The number of H-pyrrole nitrogens is 1. The molecule has 1 aromatic carbocycles. The quantitative estimate of drug-likeness (QED) is 0.727. The van der Waals surface area contributed by atoms with Gasteiger partial charge in [0, 0.05) is 24.3 Å². The second-order valence-corrected chi connectivity index (χ2v) is 4.39. The second kappa shape index (κ2) is 6.70. The Hall–Kier alpha value is -2.14. The van der Waals surface area contributed by atoms with Gasteiger partial charge in [0.05, 0.1) is 12.7 Å². The number of aromatic amines is 1. The molecule has 0 aliphatic rings. The lowest BCUT2D eigenvalue weighted by atomic mass is 10.2. The average Bonchev–Trinajstić information content (AvgIpc) is 2.83. The first-order valence-corrected chi connectivity index (χ1v) is 6.26. The van der Waals surface area contributed by atoms with Gasteiger partial charge in [-0.25, -0.2) is 0 Å². The minimum atomic E-state index is -0.00926. The van der Waals surface area contributed by atoms with Crippen LogP contribution in [0.2, 0.25) is 0 Å². The molecule has 0 bridgehead atoms. The van der Waals surface area contributed by atoms with Crippen LogP contribution in [0, 0.1) is 6.92 Å². The molecule has 0 atom stereocenters. The lowest BCUT2D eigenvalue weighted by Gasteiger charge is -2.06. The molecule has 2 rings (SSSR count). The van der Waals surface area contributed by atoms with E-state index in [4.69, 9.17) is 0 Å². The molecule has 0 spiro atoms. The molecule has 100 valence electrons. The topological polar surface area (TPSA) is 69.8 Å². The number of nitrogens with one attached hydrogen (secondary N) is 3. The number of carbonyl (C=O) groups is 1. The molecular weight excluding hydrogens is 240 g/mol. The standard InChI is InChI=1S/C14H18N4O/c1-11-13(9-17-18-11)8-15-10-14(19)16-7-12-5-3-2-4-6-12/h2-6,9,15H,7-8,10H2,1H3,(H,16,19)(H,17,18). The van der Waals surface area contributed by atoms with Gasteiger partial charge < -0.3 is 10.6 Å². The van der Waals surface area contributed by atoms with Crippen LogP contribution < -0.4 is 10.6 Å². The molecule has 5 heteroatoms. The lowest BCUT2D eigenvalue weighted by Crippen LogP contribution is -2.33. The van der Waals surface area contributed by atoms with Gasteiger partial charge in [0.2, 0.25) is 5.91 Å². The molecule has 5 nitrogen and oxygen atoms in total. The van der Waals surface area contributed by atoms with Gasteiger partial charge in [0.25, 0.3) is 0 Å². The number of hydrogen-bond acceptors (Lipinski definition) is 3. The van der Waals surface area contributed by atoms with E-state index < -0.39 is 0 Å². The zero-order chi connectivity index (χ0) is 13.5. The minimum absolute atomic E-state index is 0.00926. The van der Waals surface area contributed by atoms with Crippen molar-refractivity contribution in [3.63, 3.8) is 0 Å². The Labute approximate surface area is 112 Å². The van der Waals surface area contributed by atoms with Gasteiger partial charge in [-0.2, -0.15) is 5.10 Å². The van der Waals surface area contributed by atoms with Gasteiger partial charge in [0.15, 0.2) is 0 Å². The normalized spacial score (nSPS) is 10.4. The molecule has 0 aliphatic heterocycles. The van der Waals surface area contributed by atoms with Crippen molar-refractivity contribution in [2.75, 3.05) is 6.54 Å². The highest BCUT2D eigenvalue weighted by molar-refractivity contribution is 5.77. The molecule has 0 fully saturated rings. The fourth-order valence-electron chi connectivity index (χ4n) is 1.72. The summed E-state index contributed by atoms with van der Waals surface area (Å²) in [5, 5.41) is 12.8. The van der Waals surface area contributed by atoms with Crippen LogP contribution in [-0.4, -0.2) is 22.6 Å². The molecule has 0 radical (unpaired) electrons. The number of rotatable bonds is 6. The Morgan fingerprint density at radius 3 is 2.74 bits per heavy atom. The number of carbonyl (C=O) groups excluding carboxylic acids is 1. The molecule has 1 heterocycles. The third-order valence-corrected chi connectivity index (χ3v) is 2.87. The Kier molecular flexibility index (Phi) is 4.69. The van der Waals surface area contributed by atoms with Crippen LogP contribution in [0.15, 0.2) is 36.5 Å². The third kappa shape index (κ3) is 4.22. The summed E-state index contributed by atoms with van der Waals surface area (Å²) >= 11 is 0. The smallest absolute Gasteiger partial charge is 0.234 e. The van der Waals surface area contributed by atoms with Crippen LogP contribution in [0.25, 0.3) is 0 Å². The Morgan fingerprint density at radius 1 is 1.26 bits per heavy atom. The Bertz CT molecular complexity index is 521. The van der Waals surface area contributed by atoms with Gasteiger partial charge in [-0.1, -0.05) is 30.3 Å². The van der Waals surface area contributed by atoms with Crippen LogP contribution in [0.3, 0.4) is 0 Å². The number of amides is 1. The van der Waals surface area contributed by atoms with Crippen molar-refractivity contribution in [1.82, 2.24) is 20.8 Å². The predicted molar refractivity (Wildman–Crippen MR) is 73.3 cm³/mol. The van der Waals surface area contributed by atoms with Gasteiger partial charge >= 0.3 is 0 Å². The van der Waals surface area contributed by atoms with Gasteiger partial charge in [-0.05, 0) is 12.5 Å². The molecule has 2 aromatic rings. The number of aromatic nitrogens is 2.